The number of rotatable bonds is 7. The van der Waals surface area contributed by atoms with Crippen LogP contribution in [0.2, 0.25) is 0 Å². The molecule has 0 bridgehead atoms. The number of aromatic nitrogens is 1. The van der Waals surface area contributed by atoms with Gasteiger partial charge in [-0.15, -0.1) is 0 Å². The molecule has 0 N–H and O–H groups in total. The Morgan fingerprint density at radius 1 is 1.27 bits per heavy atom. The van der Waals surface area contributed by atoms with Gasteiger partial charge in [-0.3, -0.25) is 4.98 Å². The quantitative estimate of drug-likeness (QED) is 0.768. The summed E-state index contributed by atoms with van der Waals surface area (Å²) in [4.78, 5) is 4.03. The van der Waals surface area contributed by atoms with Crippen molar-refractivity contribution < 1.29 is 13.2 Å². The second-order valence-corrected chi connectivity index (χ2v) is 8.45. The van der Waals surface area contributed by atoms with E-state index in [9.17, 15) is 8.42 Å². The summed E-state index contributed by atoms with van der Waals surface area (Å²) in [6.07, 6.45) is 7.50. The third-order valence-corrected chi connectivity index (χ3v) is 6.49. The molecule has 1 aliphatic carbocycles. The fraction of sp³-hybridized carbons (Fsp3) is 0.688. The number of hydrogen-bond acceptors (Lipinski definition) is 4. The molecule has 2 atom stereocenters. The minimum absolute atomic E-state index is 0.00934. The van der Waals surface area contributed by atoms with Gasteiger partial charge in [-0.2, -0.15) is 4.31 Å². The summed E-state index contributed by atoms with van der Waals surface area (Å²) < 4.78 is 32.4. The maximum absolute atomic E-state index is 12.4. The Kier molecular flexibility index (Phi) is 4.80. The number of pyridine rings is 1. The molecule has 2 fully saturated rings. The molecule has 0 spiro atoms. The first-order valence-electron chi connectivity index (χ1n) is 8.10. The zero-order valence-electron chi connectivity index (χ0n) is 13.0. The molecule has 0 radical (unpaired) electrons. The predicted octanol–water partition coefficient (Wildman–Crippen LogP) is 1.84. The standard InChI is InChI=1S/C16H24N2O3S/c1-2-22(19,20)18-10-7-16(21-12-14-3-4-14)15(18)11-13-5-8-17-9-6-13/h5-6,8-9,14-16H,2-4,7,10-12H2,1H3/t15-,16-/m1/s1. The van der Waals surface area contributed by atoms with Gasteiger partial charge in [-0.05, 0) is 56.2 Å². The van der Waals surface area contributed by atoms with Crippen LogP contribution in [0.15, 0.2) is 24.5 Å². The second kappa shape index (κ2) is 6.64. The molecular formula is C16H24N2O3S. The van der Waals surface area contributed by atoms with E-state index in [1.165, 1.54) is 12.8 Å². The molecule has 1 saturated heterocycles. The normalized spacial score (nSPS) is 26.4. The van der Waals surface area contributed by atoms with Crippen LogP contribution in [0.1, 0.15) is 31.7 Å². The summed E-state index contributed by atoms with van der Waals surface area (Å²) in [7, 11) is -3.19. The fourth-order valence-corrected chi connectivity index (χ4v) is 4.38. The molecule has 0 amide bonds. The average Bonchev–Trinajstić information content (AvgIpc) is 3.27. The molecule has 1 saturated carbocycles. The highest BCUT2D eigenvalue weighted by Crippen LogP contribution is 2.32. The van der Waals surface area contributed by atoms with Crippen LogP contribution >= 0.6 is 0 Å². The predicted molar refractivity (Wildman–Crippen MR) is 85.0 cm³/mol. The molecule has 2 heterocycles. The molecule has 1 aliphatic heterocycles. The van der Waals surface area contributed by atoms with Crippen LogP contribution in [-0.4, -0.2) is 48.8 Å². The highest BCUT2D eigenvalue weighted by atomic mass is 32.2. The Hall–Kier alpha value is -0.980. The molecule has 2 aliphatic rings. The number of nitrogens with zero attached hydrogens (tertiary/aromatic N) is 2. The van der Waals surface area contributed by atoms with Crippen molar-refractivity contribution in [3.8, 4) is 0 Å². The smallest absolute Gasteiger partial charge is 0.214 e. The van der Waals surface area contributed by atoms with Crippen LogP contribution in [0, 0.1) is 5.92 Å². The van der Waals surface area contributed by atoms with Crippen molar-refractivity contribution in [2.45, 2.75) is 44.8 Å². The molecule has 3 rings (SSSR count). The van der Waals surface area contributed by atoms with Crippen molar-refractivity contribution in [1.82, 2.24) is 9.29 Å². The molecule has 5 nitrogen and oxygen atoms in total. The van der Waals surface area contributed by atoms with Crippen LogP contribution < -0.4 is 0 Å². The van der Waals surface area contributed by atoms with Crippen molar-refractivity contribution in [2.24, 2.45) is 5.92 Å². The fourth-order valence-electron chi connectivity index (χ4n) is 3.04. The van der Waals surface area contributed by atoms with Gasteiger partial charge in [0.15, 0.2) is 0 Å². The Morgan fingerprint density at radius 3 is 2.64 bits per heavy atom. The van der Waals surface area contributed by atoms with Crippen LogP contribution in [0.4, 0.5) is 0 Å². The van der Waals surface area contributed by atoms with E-state index in [1.54, 1.807) is 23.6 Å². The molecule has 22 heavy (non-hydrogen) atoms. The largest absolute Gasteiger partial charge is 0.376 e. The highest BCUT2D eigenvalue weighted by Gasteiger charge is 2.41. The Balaban J connectivity index is 1.75. The average molecular weight is 324 g/mol. The number of ether oxygens (including phenoxy) is 1. The van der Waals surface area contributed by atoms with E-state index < -0.39 is 10.0 Å². The van der Waals surface area contributed by atoms with Crippen molar-refractivity contribution in [2.75, 3.05) is 18.9 Å². The van der Waals surface area contributed by atoms with E-state index in [-0.39, 0.29) is 17.9 Å². The minimum atomic E-state index is -3.19. The zero-order chi connectivity index (χ0) is 15.6. The van der Waals surface area contributed by atoms with Crippen molar-refractivity contribution in [1.29, 1.82) is 0 Å². The van der Waals surface area contributed by atoms with E-state index in [1.807, 2.05) is 12.1 Å². The lowest BCUT2D eigenvalue weighted by Crippen LogP contribution is -2.42. The summed E-state index contributed by atoms with van der Waals surface area (Å²) in [6, 6.07) is 3.81. The Labute approximate surface area is 132 Å². The van der Waals surface area contributed by atoms with Crippen LogP contribution in [0.25, 0.3) is 0 Å². The first-order valence-corrected chi connectivity index (χ1v) is 9.71. The van der Waals surface area contributed by atoms with Crippen molar-refractivity contribution in [3.63, 3.8) is 0 Å². The first-order chi connectivity index (χ1) is 10.6. The third kappa shape index (κ3) is 3.67. The summed E-state index contributed by atoms with van der Waals surface area (Å²) in [6.45, 7) is 3.05. The maximum Gasteiger partial charge on any atom is 0.214 e. The van der Waals surface area contributed by atoms with Crippen molar-refractivity contribution >= 4 is 10.0 Å². The topological polar surface area (TPSA) is 59.5 Å². The second-order valence-electron chi connectivity index (χ2n) is 6.24. The molecule has 1 aromatic rings. The molecule has 0 unspecified atom stereocenters. The van der Waals surface area contributed by atoms with Crippen LogP contribution in [0.3, 0.4) is 0 Å². The van der Waals surface area contributed by atoms with E-state index >= 15 is 0 Å². The lowest BCUT2D eigenvalue weighted by Gasteiger charge is -2.27. The third-order valence-electron chi connectivity index (χ3n) is 4.59. The first kappa shape index (κ1) is 15.9. The van der Waals surface area contributed by atoms with Crippen molar-refractivity contribution in [3.05, 3.63) is 30.1 Å². The van der Waals surface area contributed by atoms with Crippen LogP contribution in [-0.2, 0) is 21.2 Å². The van der Waals surface area contributed by atoms with Gasteiger partial charge in [0.05, 0.1) is 17.9 Å². The number of sulfonamides is 1. The van der Waals surface area contributed by atoms with Crippen LogP contribution in [0.5, 0.6) is 0 Å². The lowest BCUT2D eigenvalue weighted by molar-refractivity contribution is 0.0305. The van der Waals surface area contributed by atoms with Gasteiger partial charge in [0.25, 0.3) is 0 Å². The summed E-state index contributed by atoms with van der Waals surface area (Å²) in [5, 5.41) is 0. The molecule has 122 valence electrons. The van der Waals surface area contributed by atoms with E-state index in [0.717, 1.165) is 18.6 Å². The molecular weight excluding hydrogens is 300 g/mol. The lowest BCUT2D eigenvalue weighted by atomic mass is 10.0. The minimum Gasteiger partial charge on any atom is -0.376 e. The van der Waals surface area contributed by atoms with Gasteiger partial charge in [0.1, 0.15) is 0 Å². The number of hydrogen-bond donors (Lipinski definition) is 0. The van der Waals surface area contributed by atoms with Gasteiger partial charge in [-0.25, -0.2) is 8.42 Å². The van der Waals surface area contributed by atoms with Gasteiger partial charge in [0, 0.05) is 25.5 Å². The summed E-state index contributed by atoms with van der Waals surface area (Å²) in [5.41, 5.74) is 1.11. The van der Waals surface area contributed by atoms with Gasteiger partial charge >= 0.3 is 0 Å². The highest BCUT2D eigenvalue weighted by molar-refractivity contribution is 7.89. The SMILES string of the molecule is CCS(=O)(=O)N1CC[C@@H](OCC2CC2)[C@H]1Cc1ccncc1. The van der Waals surface area contributed by atoms with E-state index in [4.69, 9.17) is 4.74 Å². The van der Waals surface area contributed by atoms with Gasteiger partial charge in [-0.1, -0.05) is 0 Å². The van der Waals surface area contributed by atoms with Gasteiger partial charge < -0.3 is 4.74 Å². The summed E-state index contributed by atoms with van der Waals surface area (Å²) >= 11 is 0. The van der Waals surface area contributed by atoms with Gasteiger partial charge in [0.2, 0.25) is 10.0 Å². The van der Waals surface area contributed by atoms with E-state index in [0.29, 0.717) is 18.9 Å². The molecule has 0 aromatic carbocycles. The maximum atomic E-state index is 12.4. The Bertz CT molecular complexity index is 587. The summed E-state index contributed by atoms with van der Waals surface area (Å²) in [5.74, 6) is 0.841. The zero-order valence-corrected chi connectivity index (χ0v) is 13.8. The monoisotopic (exact) mass is 324 g/mol. The molecule has 1 aromatic heterocycles. The Morgan fingerprint density at radius 2 is 2.00 bits per heavy atom. The molecule has 6 heteroatoms. The van der Waals surface area contributed by atoms with E-state index in [2.05, 4.69) is 4.98 Å².